The van der Waals surface area contributed by atoms with E-state index in [9.17, 15) is 4.79 Å². The minimum absolute atomic E-state index is 0.0296. The Morgan fingerprint density at radius 2 is 2.19 bits per heavy atom. The van der Waals surface area contributed by atoms with E-state index >= 15 is 0 Å². The highest BCUT2D eigenvalue weighted by molar-refractivity contribution is 8.01. The molecule has 1 aromatic carbocycles. The lowest BCUT2D eigenvalue weighted by atomic mass is 9.88. The number of nitrogens with one attached hydrogen (secondary N) is 2. The Labute approximate surface area is 165 Å². The summed E-state index contributed by atoms with van der Waals surface area (Å²) in [5, 5.41) is 15.3. The van der Waals surface area contributed by atoms with Gasteiger partial charge in [-0.3, -0.25) is 4.79 Å². The van der Waals surface area contributed by atoms with Gasteiger partial charge in [0.25, 0.3) is 0 Å². The zero-order valence-electron chi connectivity index (χ0n) is 14.7. The van der Waals surface area contributed by atoms with Crippen LogP contribution in [0.1, 0.15) is 35.8 Å². The van der Waals surface area contributed by atoms with Gasteiger partial charge in [-0.1, -0.05) is 47.4 Å². The molecule has 0 unspecified atom stereocenters. The molecule has 2 heterocycles. The maximum absolute atomic E-state index is 12.4. The summed E-state index contributed by atoms with van der Waals surface area (Å²) in [4.78, 5) is 12.4. The van der Waals surface area contributed by atoms with Crippen molar-refractivity contribution in [2.75, 3.05) is 11.1 Å². The van der Waals surface area contributed by atoms with Gasteiger partial charge in [0.2, 0.25) is 11.0 Å². The fourth-order valence-corrected chi connectivity index (χ4v) is 4.74. The summed E-state index contributed by atoms with van der Waals surface area (Å²) in [7, 11) is 0. The fourth-order valence-electron chi connectivity index (χ4n) is 3.18. The number of carbonyl (C=O) groups excluding carboxylic acids is 1. The molecule has 1 aliphatic carbocycles. The van der Waals surface area contributed by atoms with E-state index in [0.717, 1.165) is 34.5 Å². The van der Waals surface area contributed by atoms with Crippen LogP contribution >= 0.6 is 23.1 Å². The lowest BCUT2D eigenvalue weighted by molar-refractivity contribution is -0.119. The number of furan rings is 1. The highest BCUT2D eigenvalue weighted by Crippen LogP contribution is 2.30. The van der Waals surface area contributed by atoms with Crippen LogP contribution in [-0.4, -0.2) is 21.9 Å². The van der Waals surface area contributed by atoms with Crippen molar-refractivity contribution < 1.29 is 9.21 Å². The van der Waals surface area contributed by atoms with E-state index in [1.807, 2.05) is 18.2 Å². The van der Waals surface area contributed by atoms with Crippen LogP contribution in [0.4, 0.5) is 5.13 Å². The number of hydrogen-bond acceptors (Lipinski definition) is 7. The molecule has 140 valence electrons. The predicted molar refractivity (Wildman–Crippen MR) is 107 cm³/mol. The van der Waals surface area contributed by atoms with E-state index in [4.69, 9.17) is 4.42 Å². The SMILES string of the molecule is O=C(CSc1nnc(NCc2ccco2)s1)N[C@H]1CCCc2ccccc21. The molecule has 2 aromatic heterocycles. The monoisotopic (exact) mass is 400 g/mol. The van der Waals surface area contributed by atoms with E-state index in [1.54, 1.807) is 6.26 Å². The van der Waals surface area contributed by atoms with E-state index in [-0.39, 0.29) is 11.9 Å². The minimum atomic E-state index is 0.0296. The van der Waals surface area contributed by atoms with Gasteiger partial charge < -0.3 is 15.1 Å². The van der Waals surface area contributed by atoms with Gasteiger partial charge in [0.05, 0.1) is 24.6 Å². The Bertz CT molecular complexity index is 895. The molecule has 6 nitrogen and oxygen atoms in total. The molecule has 0 spiro atoms. The molecule has 0 bridgehead atoms. The molecular weight excluding hydrogens is 380 g/mol. The van der Waals surface area contributed by atoms with Crippen LogP contribution in [0.5, 0.6) is 0 Å². The number of hydrogen-bond donors (Lipinski definition) is 2. The van der Waals surface area contributed by atoms with Gasteiger partial charge in [0, 0.05) is 0 Å². The number of thioether (sulfide) groups is 1. The molecule has 27 heavy (non-hydrogen) atoms. The van der Waals surface area contributed by atoms with E-state index in [2.05, 4.69) is 39.0 Å². The number of nitrogens with zero attached hydrogens (tertiary/aromatic N) is 2. The number of rotatable bonds is 7. The molecule has 2 N–H and O–H groups in total. The van der Waals surface area contributed by atoms with Crippen molar-refractivity contribution >= 4 is 34.1 Å². The zero-order chi connectivity index (χ0) is 18.5. The highest BCUT2D eigenvalue weighted by Gasteiger charge is 2.21. The molecule has 0 radical (unpaired) electrons. The van der Waals surface area contributed by atoms with E-state index in [0.29, 0.717) is 12.3 Å². The number of aryl methyl sites for hydroxylation is 1. The lowest BCUT2D eigenvalue weighted by Gasteiger charge is -2.26. The largest absolute Gasteiger partial charge is 0.467 e. The van der Waals surface area contributed by atoms with Crippen LogP contribution in [0.3, 0.4) is 0 Å². The number of benzene rings is 1. The molecule has 8 heteroatoms. The normalized spacial score (nSPS) is 15.9. The Morgan fingerprint density at radius 3 is 3.07 bits per heavy atom. The quantitative estimate of drug-likeness (QED) is 0.583. The first-order chi connectivity index (χ1) is 13.3. The van der Waals surface area contributed by atoms with Gasteiger partial charge in [-0.05, 0) is 42.5 Å². The minimum Gasteiger partial charge on any atom is -0.467 e. The van der Waals surface area contributed by atoms with Crippen LogP contribution in [0.25, 0.3) is 0 Å². The van der Waals surface area contributed by atoms with Crippen molar-refractivity contribution in [2.24, 2.45) is 0 Å². The molecule has 0 aliphatic heterocycles. The number of anilines is 1. The molecule has 0 saturated heterocycles. The van der Waals surface area contributed by atoms with Crippen LogP contribution in [-0.2, 0) is 17.8 Å². The molecule has 1 amide bonds. The summed E-state index contributed by atoms with van der Waals surface area (Å²) in [6.07, 6.45) is 4.83. The van der Waals surface area contributed by atoms with Gasteiger partial charge in [-0.25, -0.2) is 0 Å². The first kappa shape index (κ1) is 18.1. The van der Waals surface area contributed by atoms with E-state index in [1.165, 1.54) is 34.2 Å². The maximum atomic E-state index is 12.4. The van der Waals surface area contributed by atoms with E-state index < -0.39 is 0 Å². The summed E-state index contributed by atoms with van der Waals surface area (Å²) in [5.41, 5.74) is 2.60. The predicted octanol–water partition coefficient (Wildman–Crippen LogP) is 4.03. The topological polar surface area (TPSA) is 80.1 Å². The summed E-state index contributed by atoms with van der Waals surface area (Å²) in [6.45, 7) is 0.563. The van der Waals surface area contributed by atoms with Crippen LogP contribution in [0.2, 0.25) is 0 Å². The summed E-state index contributed by atoms with van der Waals surface area (Å²) in [5.74, 6) is 1.21. The lowest BCUT2D eigenvalue weighted by Crippen LogP contribution is -2.32. The Kier molecular flexibility index (Phi) is 5.74. The van der Waals surface area contributed by atoms with Crippen molar-refractivity contribution in [3.05, 3.63) is 59.5 Å². The smallest absolute Gasteiger partial charge is 0.230 e. The Morgan fingerprint density at radius 1 is 1.26 bits per heavy atom. The first-order valence-corrected chi connectivity index (χ1v) is 10.7. The Balaban J connectivity index is 1.26. The average molecular weight is 401 g/mol. The molecule has 1 aliphatic rings. The molecule has 3 aromatic rings. The van der Waals surface area contributed by atoms with Crippen molar-refractivity contribution in [3.63, 3.8) is 0 Å². The third kappa shape index (κ3) is 4.70. The van der Waals surface area contributed by atoms with Crippen molar-refractivity contribution in [1.82, 2.24) is 15.5 Å². The summed E-state index contributed by atoms with van der Waals surface area (Å²) in [6, 6.07) is 12.2. The molecular formula is C19H20N4O2S2. The van der Waals surface area contributed by atoms with Crippen molar-refractivity contribution in [2.45, 2.75) is 36.2 Å². The molecule has 0 fully saturated rings. The van der Waals surface area contributed by atoms with Gasteiger partial charge in [-0.15, -0.1) is 10.2 Å². The second kappa shape index (κ2) is 8.58. The third-order valence-electron chi connectivity index (χ3n) is 4.43. The van der Waals surface area contributed by atoms with Crippen LogP contribution in [0, 0.1) is 0 Å². The standard InChI is InChI=1S/C19H20N4O2S2/c24-17(21-16-9-3-6-13-5-1-2-8-15(13)16)12-26-19-23-22-18(27-19)20-11-14-7-4-10-25-14/h1-2,4-5,7-8,10,16H,3,6,9,11-12H2,(H,20,22)(H,21,24)/t16-/m0/s1. The Hall–Kier alpha value is -2.32. The van der Waals surface area contributed by atoms with Crippen molar-refractivity contribution in [1.29, 1.82) is 0 Å². The van der Waals surface area contributed by atoms with Gasteiger partial charge in [0.15, 0.2) is 4.34 Å². The fraction of sp³-hybridized carbons (Fsp3) is 0.316. The maximum Gasteiger partial charge on any atom is 0.230 e. The number of carbonyl (C=O) groups is 1. The first-order valence-electron chi connectivity index (χ1n) is 8.87. The molecule has 0 saturated carbocycles. The summed E-state index contributed by atoms with van der Waals surface area (Å²) < 4.78 is 6.05. The van der Waals surface area contributed by atoms with Crippen LogP contribution in [0.15, 0.2) is 51.4 Å². The third-order valence-corrected chi connectivity index (χ3v) is 6.45. The van der Waals surface area contributed by atoms with Crippen molar-refractivity contribution in [3.8, 4) is 0 Å². The molecule has 4 rings (SSSR count). The van der Waals surface area contributed by atoms with Gasteiger partial charge in [0.1, 0.15) is 5.76 Å². The highest BCUT2D eigenvalue weighted by atomic mass is 32.2. The summed E-state index contributed by atoms with van der Waals surface area (Å²) >= 11 is 2.85. The number of amides is 1. The molecule has 1 atom stereocenters. The zero-order valence-corrected chi connectivity index (χ0v) is 16.3. The average Bonchev–Trinajstić information content (AvgIpc) is 3.37. The van der Waals surface area contributed by atoms with Gasteiger partial charge in [-0.2, -0.15) is 0 Å². The second-order valence-electron chi connectivity index (χ2n) is 6.31. The number of aromatic nitrogens is 2. The van der Waals surface area contributed by atoms with Crippen LogP contribution < -0.4 is 10.6 Å². The second-order valence-corrected chi connectivity index (χ2v) is 8.51. The van der Waals surface area contributed by atoms with Gasteiger partial charge >= 0.3 is 0 Å². The number of fused-ring (bicyclic) bond motifs is 1.